The van der Waals surface area contributed by atoms with Crippen LogP contribution in [0.15, 0.2) is 25.3 Å². The van der Waals surface area contributed by atoms with E-state index in [0.29, 0.717) is 13.0 Å². The summed E-state index contributed by atoms with van der Waals surface area (Å²) in [5.41, 5.74) is 0. The van der Waals surface area contributed by atoms with Crippen molar-refractivity contribution < 1.29 is 24.2 Å². The summed E-state index contributed by atoms with van der Waals surface area (Å²) in [6.07, 6.45) is 10.1. The number of thioether (sulfide) groups is 1. The van der Waals surface area contributed by atoms with E-state index in [0.717, 1.165) is 32.1 Å². The Balaban J connectivity index is 1.69. The van der Waals surface area contributed by atoms with Gasteiger partial charge in [-0.25, -0.2) is 0 Å². The molecule has 4 aliphatic rings. The summed E-state index contributed by atoms with van der Waals surface area (Å²) in [6.45, 7) is 10.2. The van der Waals surface area contributed by atoms with Crippen LogP contribution in [0, 0.1) is 17.8 Å². The van der Waals surface area contributed by atoms with Gasteiger partial charge in [0.15, 0.2) is 0 Å². The lowest BCUT2D eigenvalue weighted by Crippen LogP contribution is -2.59. The molecule has 2 amide bonds. The van der Waals surface area contributed by atoms with Crippen molar-refractivity contribution in [3.05, 3.63) is 25.3 Å². The molecule has 2 bridgehead atoms. The molecule has 1 spiro atoms. The zero-order valence-corrected chi connectivity index (χ0v) is 21.0. The van der Waals surface area contributed by atoms with E-state index in [9.17, 15) is 19.5 Å². The first-order chi connectivity index (χ1) is 16.4. The summed E-state index contributed by atoms with van der Waals surface area (Å²) < 4.78 is 4.85. The molecule has 34 heavy (non-hydrogen) atoms. The van der Waals surface area contributed by atoms with Gasteiger partial charge in [0.2, 0.25) is 11.8 Å². The monoisotopic (exact) mass is 490 g/mol. The fourth-order valence-corrected chi connectivity index (χ4v) is 9.27. The van der Waals surface area contributed by atoms with Gasteiger partial charge in [-0.1, -0.05) is 38.3 Å². The molecule has 6 atom stereocenters. The van der Waals surface area contributed by atoms with Crippen LogP contribution in [0.4, 0.5) is 0 Å². The summed E-state index contributed by atoms with van der Waals surface area (Å²) in [5.74, 6) is -1.65. The summed E-state index contributed by atoms with van der Waals surface area (Å²) in [5, 5.41) is 9.77. The molecule has 4 rings (SSSR count). The number of hydrogen-bond donors (Lipinski definition) is 1. The van der Waals surface area contributed by atoms with E-state index in [1.807, 2.05) is 4.90 Å². The molecule has 188 valence electrons. The normalized spacial score (nSPS) is 34.7. The second-order valence-electron chi connectivity index (χ2n) is 10.1. The molecule has 4 fully saturated rings. The summed E-state index contributed by atoms with van der Waals surface area (Å²) in [4.78, 5) is 44.7. The molecule has 3 unspecified atom stereocenters. The van der Waals surface area contributed by atoms with E-state index in [1.165, 1.54) is 6.42 Å². The Morgan fingerprint density at radius 1 is 1.26 bits per heavy atom. The van der Waals surface area contributed by atoms with Crippen molar-refractivity contribution in [3.63, 3.8) is 0 Å². The van der Waals surface area contributed by atoms with Crippen LogP contribution in [-0.2, 0) is 19.1 Å². The average molecular weight is 491 g/mol. The number of aliphatic hydroxyl groups is 1. The van der Waals surface area contributed by atoms with Crippen LogP contribution in [0.1, 0.15) is 51.9 Å². The second-order valence-corrected chi connectivity index (χ2v) is 11.7. The lowest BCUT2D eigenvalue weighted by molar-refractivity contribution is -0.154. The maximum atomic E-state index is 14.3. The summed E-state index contributed by atoms with van der Waals surface area (Å²) in [7, 11) is 0. The standard InChI is InChI=1S/C26H38N2O5S/c1-4-6-15-33-25(32)20-19-16-17(3)26(34-19)21(20)23(30)28(13-14-29)22(26)24(31)27(12-5-2)18-10-8-7-9-11-18/h4-5,17-22,29H,1-2,6-16H2,3H3/t17?,19-,20+,21-,22?,26?/m0/s1. The minimum Gasteiger partial charge on any atom is -0.465 e. The second kappa shape index (κ2) is 10.4. The molecule has 3 heterocycles. The zero-order chi connectivity index (χ0) is 24.5. The van der Waals surface area contributed by atoms with Crippen molar-refractivity contribution in [2.24, 2.45) is 17.8 Å². The van der Waals surface area contributed by atoms with E-state index < -0.39 is 22.6 Å². The van der Waals surface area contributed by atoms with Gasteiger partial charge in [0, 0.05) is 24.4 Å². The van der Waals surface area contributed by atoms with E-state index >= 15 is 0 Å². The number of carbonyl (C=O) groups excluding carboxylic acids is 3. The van der Waals surface area contributed by atoms with E-state index in [2.05, 4.69) is 20.1 Å². The van der Waals surface area contributed by atoms with Crippen LogP contribution >= 0.6 is 11.8 Å². The van der Waals surface area contributed by atoms with Crippen LogP contribution in [0.25, 0.3) is 0 Å². The molecule has 0 aromatic carbocycles. The molecule has 0 radical (unpaired) electrons. The van der Waals surface area contributed by atoms with Gasteiger partial charge in [0.25, 0.3) is 0 Å². The maximum absolute atomic E-state index is 14.3. The molecular weight excluding hydrogens is 452 g/mol. The quantitative estimate of drug-likeness (QED) is 0.288. The maximum Gasteiger partial charge on any atom is 0.310 e. The Morgan fingerprint density at radius 2 is 2.00 bits per heavy atom. The number of carbonyl (C=O) groups is 3. The first kappa shape index (κ1) is 25.3. The third kappa shape index (κ3) is 4.00. The molecule has 3 aliphatic heterocycles. The predicted octanol–water partition coefficient (Wildman–Crippen LogP) is 2.78. The van der Waals surface area contributed by atoms with E-state index in [1.54, 1.807) is 28.8 Å². The Labute approximate surface area is 206 Å². The highest BCUT2D eigenvalue weighted by Gasteiger charge is 2.76. The first-order valence-corrected chi connectivity index (χ1v) is 13.6. The van der Waals surface area contributed by atoms with Crippen molar-refractivity contribution in [1.82, 2.24) is 9.80 Å². The van der Waals surface area contributed by atoms with Crippen LogP contribution in [0.2, 0.25) is 0 Å². The van der Waals surface area contributed by atoms with E-state index in [4.69, 9.17) is 4.74 Å². The zero-order valence-electron chi connectivity index (χ0n) is 20.2. The van der Waals surface area contributed by atoms with E-state index in [-0.39, 0.29) is 54.8 Å². The average Bonchev–Trinajstić information content (AvgIpc) is 3.42. The van der Waals surface area contributed by atoms with Crippen molar-refractivity contribution in [2.75, 3.05) is 26.3 Å². The fraction of sp³-hybridized carbons (Fsp3) is 0.731. The number of nitrogens with zero attached hydrogens (tertiary/aromatic N) is 2. The van der Waals surface area contributed by atoms with Crippen molar-refractivity contribution in [3.8, 4) is 0 Å². The Bertz CT molecular complexity index is 828. The third-order valence-electron chi connectivity index (χ3n) is 8.28. The smallest absolute Gasteiger partial charge is 0.310 e. The predicted molar refractivity (Wildman–Crippen MR) is 132 cm³/mol. The minimum absolute atomic E-state index is 0.0331. The number of β-amino-alcohol motifs (C(OH)–C–C–N with tert-alkyl or cyclic N) is 1. The van der Waals surface area contributed by atoms with Gasteiger partial charge in [-0.2, -0.15) is 0 Å². The highest BCUT2D eigenvalue weighted by atomic mass is 32.2. The van der Waals surface area contributed by atoms with Gasteiger partial charge in [-0.05, 0) is 31.6 Å². The van der Waals surface area contributed by atoms with Gasteiger partial charge < -0.3 is 19.6 Å². The molecular formula is C26H38N2O5S. The molecule has 1 saturated carbocycles. The molecule has 1 N–H and O–H groups in total. The fourth-order valence-electron chi connectivity index (χ4n) is 6.86. The molecule has 8 heteroatoms. The number of amides is 2. The SMILES string of the molecule is C=CCCOC(=O)[C@@H]1[C@@H]2CC(C)C3(S2)C(C(=O)N(CC=C)C2CCCCC2)N(CCO)C(=O)[C@H]13. The molecule has 7 nitrogen and oxygen atoms in total. The van der Waals surface area contributed by atoms with Crippen molar-refractivity contribution in [1.29, 1.82) is 0 Å². The molecule has 3 saturated heterocycles. The van der Waals surface area contributed by atoms with Gasteiger partial charge in [0.1, 0.15) is 6.04 Å². The molecule has 0 aromatic heterocycles. The van der Waals surface area contributed by atoms with Gasteiger partial charge in [0.05, 0.1) is 29.8 Å². The molecule has 1 aliphatic carbocycles. The van der Waals surface area contributed by atoms with Crippen LogP contribution < -0.4 is 0 Å². The first-order valence-electron chi connectivity index (χ1n) is 12.7. The van der Waals surface area contributed by atoms with Gasteiger partial charge >= 0.3 is 5.97 Å². The van der Waals surface area contributed by atoms with Crippen molar-refractivity contribution in [2.45, 2.75) is 74.0 Å². The number of aliphatic hydroxyl groups excluding tert-OH is 1. The Hall–Kier alpha value is -1.80. The van der Waals surface area contributed by atoms with Crippen LogP contribution in [-0.4, -0.2) is 81.1 Å². The van der Waals surface area contributed by atoms with Crippen LogP contribution in [0.5, 0.6) is 0 Å². The van der Waals surface area contributed by atoms with Crippen LogP contribution in [0.3, 0.4) is 0 Å². The molecule has 0 aromatic rings. The number of ether oxygens (including phenoxy) is 1. The van der Waals surface area contributed by atoms with Gasteiger partial charge in [-0.15, -0.1) is 24.9 Å². The van der Waals surface area contributed by atoms with Crippen molar-refractivity contribution >= 4 is 29.5 Å². The topological polar surface area (TPSA) is 87.2 Å². The number of hydrogen-bond acceptors (Lipinski definition) is 6. The summed E-state index contributed by atoms with van der Waals surface area (Å²) in [6, 6.07) is -0.547. The number of fused-ring (bicyclic) bond motifs is 1. The lowest BCUT2D eigenvalue weighted by Gasteiger charge is -2.43. The third-order valence-corrected chi connectivity index (χ3v) is 10.4. The van der Waals surface area contributed by atoms with Gasteiger partial charge in [-0.3, -0.25) is 14.4 Å². The number of likely N-dealkylation sites (tertiary alicyclic amines) is 1. The Morgan fingerprint density at radius 3 is 2.65 bits per heavy atom. The highest BCUT2D eigenvalue weighted by molar-refractivity contribution is 8.02. The lowest BCUT2D eigenvalue weighted by atomic mass is 9.66. The minimum atomic E-state index is -0.685. The number of rotatable bonds is 10. The largest absolute Gasteiger partial charge is 0.465 e. The number of esters is 1. The Kier molecular flexibility index (Phi) is 7.77. The summed E-state index contributed by atoms with van der Waals surface area (Å²) >= 11 is 1.65. The highest BCUT2D eigenvalue weighted by Crippen LogP contribution is 2.68.